The van der Waals surface area contributed by atoms with Gasteiger partial charge in [0.1, 0.15) is 0 Å². The van der Waals surface area contributed by atoms with Crippen LogP contribution in [0.1, 0.15) is 66.2 Å². The van der Waals surface area contributed by atoms with E-state index < -0.39 is 11.6 Å². The minimum Gasteiger partial charge on any atom is -0.464 e. The van der Waals surface area contributed by atoms with Crippen LogP contribution >= 0.6 is 0 Å². The summed E-state index contributed by atoms with van der Waals surface area (Å²) in [7, 11) is 0. The largest absolute Gasteiger partial charge is 0.464 e. The van der Waals surface area contributed by atoms with Gasteiger partial charge in [-0.2, -0.15) is 0 Å². The molecule has 1 aliphatic rings. The maximum Gasteiger partial charge on any atom is 0.338 e. The third kappa shape index (κ3) is 3.95. The second-order valence-electron chi connectivity index (χ2n) is 6.21. The number of hydrogen-bond acceptors (Lipinski definition) is 3. The van der Waals surface area contributed by atoms with Crippen LogP contribution < -0.4 is 0 Å². The second-order valence-corrected chi connectivity index (χ2v) is 6.21. The molecule has 0 saturated heterocycles. The maximum absolute atomic E-state index is 12.1. The lowest BCUT2D eigenvalue weighted by atomic mass is 9.79. The van der Waals surface area contributed by atoms with E-state index in [0.717, 1.165) is 31.6 Å². The summed E-state index contributed by atoms with van der Waals surface area (Å²) >= 11 is 0. The molecule has 3 unspecified atom stereocenters. The molecule has 0 heterocycles. The topological polar surface area (TPSA) is 46.5 Å². The third-order valence-corrected chi connectivity index (χ3v) is 4.80. The highest BCUT2D eigenvalue weighted by atomic mass is 16.5. The number of rotatable bonds is 5. The first-order chi connectivity index (χ1) is 8.95. The molecule has 0 aromatic rings. The lowest BCUT2D eigenvalue weighted by Gasteiger charge is -2.32. The van der Waals surface area contributed by atoms with Gasteiger partial charge >= 0.3 is 5.97 Å². The quantitative estimate of drug-likeness (QED) is 0.614. The Bertz CT molecular complexity index is 288. The Balaban J connectivity index is 2.73. The Morgan fingerprint density at radius 2 is 1.95 bits per heavy atom. The monoisotopic (exact) mass is 270 g/mol. The van der Waals surface area contributed by atoms with Crippen molar-refractivity contribution in [2.45, 2.75) is 71.8 Å². The van der Waals surface area contributed by atoms with Crippen LogP contribution in [0.5, 0.6) is 0 Å². The molecule has 3 heteroatoms. The van der Waals surface area contributed by atoms with Crippen LogP contribution in [0.4, 0.5) is 0 Å². The molecular formula is C16H30O3. The van der Waals surface area contributed by atoms with E-state index in [1.165, 1.54) is 6.42 Å². The molecular weight excluding hydrogens is 240 g/mol. The molecule has 1 rings (SSSR count). The number of aliphatic hydroxyl groups is 1. The molecule has 19 heavy (non-hydrogen) atoms. The van der Waals surface area contributed by atoms with Gasteiger partial charge in [0.25, 0.3) is 0 Å². The molecule has 0 aromatic heterocycles. The summed E-state index contributed by atoms with van der Waals surface area (Å²) in [5.41, 5.74) is -1.28. The van der Waals surface area contributed by atoms with Crippen molar-refractivity contribution < 1.29 is 14.6 Å². The van der Waals surface area contributed by atoms with Gasteiger partial charge in [0.05, 0.1) is 6.61 Å². The van der Waals surface area contributed by atoms with E-state index in [4.69, 9.17) is 4.74 Å². The molecule has 3 nitrogen and oxygen atoms in total. The zero-order valence-corrected chi connectivity index (χ0v) is 12.9. The van der Waals surface area contributed by atoms with Crippen LogP contribution in [-0.2, 0) is 9.53 Å². The molecule has 1 aliphatic carbocycles. The predicted octanol–water partition coefficient (Wildman–Crippen LogP) is 3.54. The fourth-order valence-corrected chi connectivity index (χ4v) is 3.33. The Labute approximate surface area is 117 Å². The first-order valence-electron chi connectivity index (χ1n) is 7.85. The summed E-state index contributed by atoms with van der Waals surface area (Å²) in [4.78, 5) is 12.1. The van der Waals surface area contributed by atoms with Gasteiger partial charge in [-0.25, -0.2) is 4.79 Å². The van der Waals surface area contributed by atoms with E-state index in [9.17, 15) is 9.90 Å². The molecule has 1 fully saturated rings. The zero-order chi connectivity index (χ0) is 14.5. The van der Waals surface area contributed by atoms with E-state index in [1.54, 1.807) is 6.92 Å². The van der Waals surface area contributed by atoms with Gasteiger partial charge < -0.3 is 9.84 Å². The van der Waals surface area contributed by atoms with Crippen molar-refractivity contribution in [3.63, 3.8) is 0 Å². The van der Waals surface area contributed by atoms with Gasteiger partial charge in [0.2, 0.25) is 0 Å². The molecule has 0 aliphatic heterocycles. The number of esters is 1. The standard InChI is InChI=1S/C16H30O3/c1-5-16(18,15(17)19-6-2)14-9-7-8-13(10-11-14)12(3)4/h12-14,18H,5-11H2,1-4H3. The lowest BCUT2D eigenvalue weighted by Crippen LogP contribution is -2.46. The average Bonchev–Trinajstić information content (AvgIpc) is 2.64. The van der Waals surface area contributed by atoms with Gasteiger partial charge in [-0.1, -0.05) is 33.6 Å². The van der Waals surface area contributed by atoms with Crippen LogP contribution in [0.3, 0.4) is 0 Å². The van der Waals surface area contributed by atoms with E-state index in [2.05, 4.69) is 13.8 Å². The van der Waals surface area contributed by atoms with Crippen LogP contribution in [0.15, 0.2) is 0 Å². The van der Waals surface area contributed by atoms with E-state index in [-0.39, 0.29) is 5.92 Å². The molecule has 0 radical (unpaired) electrons. The van der Waals surface area contributed by atoms with Crippen molar-refractivity contribution in [2.75, 3.05) is 6.61 Å². The summed E-state index contributed by atoms with van der Waals surface area (Å²) in [5.74, 6) is 1.05. The SMILES string of the molecule is CCOC(=O)C(O)(CC)C1CCCC(C(C)C)CC1. The van der Waals surface area contributed by atoms with Crippen LogP contribution in [0, 0.1) is 17.8 Å². The minimum absolute atomic E-state index is 0.0558. The van der Waals surface area contributed by atoms with E-state index in [1.807, 2.05) is 6.92 Å². The highest BCUT2D eigenvalue weighted by molar-refractivity contribution is 5.79. The van der Waals surface area contributed by atoms with E-state index in [0.29, 0.717) is 18.9 Å². The van der Waals surface area contributed by atoms with Crippen LogP contribution in [0.2, 0.25) is 0 Å². The van der Waals surface area contributed by atoms with Gasteiger partial charge in [-0.3, -0.25) is 0 Å². The Kier molecular flexibility index (Phi) is 6.31. The Morgan fingerprint density at radius 3 is 2.47 bits per heavy atom. The predicted molar refractivity (Wildman–Crippen MR) is 76.8 cm³/mol. The average molecular weight is 270 g/mol. The first kappa shape index (κ1) is 16.5. The molecule has 0 bridgehead atoms. The fourth-order valence-electron chi connectivity index (χ4n) is 3.33. The van der Waals surface area contributed by atoms with Gasteiger partial charge in [0, 0.05) is 0 Å². The number of ether oxygens (including phenoxy) is 1. The molecule has 0 spiro atoms. The van der Waals surface area contributed by atoms with Crippen molar-refractivity contribution in [3.8, 4) is 0 Å². The summed E-state index contributed by atoms with van der Waals surface area (Å²) in [6, 6.07) is 0. The Morgan fingerprint density at radius 1 is 1.26 bits per heavy atom. The van der Waals surface area contributed by atoms with Crippen molar-refractivity contribution in [1.29, 1.82) is 0 Å². The lowest BCUT2D eigenvalue weighted by molar-refractivity contribution is -0.172. The molecule has 3 atom stereocenters. The number of carbonyl (C=O) groups excluding carboxylic acids is 1. The molecule has 0 aromatic carbocycles. The molecule has 1 N–H and O–H groups in total. The number of carbonyl (C=O) groups is 1. The third-order valence-electron chi connectivity index (χ3n) is 4.80. The summed E-state index contributed by atoms with van der Waals surface area (Å²) in [6.45, 7) is 8.53. The summed E-state index contributed by atoms with van der Waals surface area (Å²) in [6.07, 6.45) is 5.76. The smallest absolute Gasteiger partial charge is 0.338 e. The van der Waals surface area contributed by atoms with Crippen molar-refractivity contribution in [1.82, 2.24) is 0 Å². The normalized spacial score (nSPS) is 27.7. The van der Waals surface area contributed by atoms with Gasteiger partial charge in [0.15, 0.2) is 5.60 Å². The van der Waals surface area contributed by atoms with Gasteiger partial charge in [-0.05, 0) is 50.4 Å². The summed E-state index contributed by atoms with van der Waals surface area (Å²) < 4.78 is 5.08. The van der Waals surface area contributed by atoms with Crippen LogP contribution in [-0.4, -0.2) is 23.3 Å². The molecule has 1 saturated carbocycles. The Hall–Kier alpha value is -0.570. The molecule has 112 valence electrons. The fraction of sp³-hybridized carbons (Fsp3) is 0.938. The maximum atomic E-state index is 12.1. The van der Waals surface area contributed by atoms with Crippen molar-refractivity contribution in [3.05, 3.63) is 0 Å². The minimum atomic E-state index is -1.28. The first-order valence-corrected chi connectivity index (χ1v) is 7.85. The zero-order valence-electron chi connectivity index (χ0n) is 12.9. The van der Waals surface area contributed by atoms with Gasteiger partial charge in [-0.15, -0.1) is 0 Å². The number of hydrogen-bond donors (Lipinski definition) is 1. The molecule has 0 amide bonds. The highest BCUT2D eigenvalue weighted by Gasteiger charge is 2.44. The summed E-state index contributed by atoms with van der Waals surface area (Å²) in [5, 5.41) is 10.7. The van der Waals surface area contributed by atoms with Crippen molar-refractivity contribution >= 4 is 5.97 Å². The van der Waals surface area contributed by atoms with Crippen LogP contribution in [0.25, 0.3) is 0 Å². The highest BCUT2D eigenvalue weighted by Crippen LogP contribution is 2.38. The van der Waals surface area contributed by atoms with Crippen molar-refractivity contribution in [2.24, 2.45) is 17.8 Å². The second kappa shape index (κ2) is 7.28. The van der Waals surface area contributed by atoms with E-state index >= 15 is 0 Å².